The van der Waals surface area contributed by atoms with Crippen LogP contribution in [-0.4, -0.2) is 6.04 Å². The SMILES string of the molecule is CCC1CCCC(NCc2ccc(C)s2)C1. The summed E-state index contributed by atoms with van der Waals surface area (Å²) in [6.07, 6.45) is 6.99. The Labute approximate surface area is 103 Å². The van der Waals surface area contributed by atoms with Gasteiger partial charge in [0.2, 0.25) is 0 Å². The molecule has 0 spiro atoms. The average molecular weight is 237 g/mol. The molecule has 1 saturated carbocycles. The molecule has 0 radical (unpaired) electrons. The lowest BCUT2D eigenvalue weighted by molar-refractivity contribution is 0.279. The van der Waals surface area contributed by atoms with Crippen molar-refractivity contribution in [2.75, 3.05) is 0 Å². The van der Waals surface area contributed by atoms with Crippen molar-refractivity contribution in [1.29, 1.82) is 0 Å². The highest BCUT2D eigenvalue weighted by molar-refractivity contribution is 7.11. The Morgan fingerprint density at radius 1 is 1.38 bits per heavy atom. The molecular formula is C14H23NS. The van der Waals surface area contributed by atoms with Gasteiger partial charge in [0.25, 0.3) is 0 Å². The van der Waals surface area contributed by atoms with E-state index in [1.165, 1.54) is 41.9 Å². The van der Waals surface area contributed by atoms with Crippen LogP contribution in [-0.2, 0) is 6.54 Å². The first-order chi connectivity index (χ1) is 7.78. The molecule has 90 valence electrons. The number of aryl methyl sites for hydroxylation is 1. The number of rotatable bonds is 4. The zero-order chi connectivity index (χ0) is 11.4. The van der Waals surface area contributed by atoms with E-state index in [2.05, 4.69) is 31.3 Å². The average Bonchev–Trinajstić information content (AvgIpc) is 2.73. The number of nitrogens with one attached hydrogen (secondary N) is 1. The van der Waals surface area contributed by atoms with Crippen LogP contribution in [0.4, 0.5) is 0 Å². The van der Waals surface area contributed by atoms with Crippen molar-refractivity contribution in [3.05, 3.63) is 21.9 Å². The minimum absolute atomic E-state index is 0.765. The minimum Gasteiger partial charge on any atom is -0.309 e. The van der Waals surface area contributed by atoms with Crippen molar-refractivity contribution in [3.8, 4) is 0 Å². The molecule has 1 fully saturated rings. The Hall–Kier alpha value is -0.340. The summed E-state index contributed by atoms with van der Waals surface area (Å²) < 4.78 is 0. The van der Waals surface area contributed by atoms with E-state index in [1.807, 2.05) is 11.3 Å². The third-order valence-electron chi connectivity index (χ3n) is 3.72. The van der Waals surface area contributed by atoms with Crippen LogP contribution >= 0.6 is 11.3 Å². The Balaban J connectivity index is 1.77. The zero-order valence-electron chi connectivity index (χ0n) is 10.5. The van der Waals surface area contributed by atoms with Gasteiger partial charge < -0.3 is 5.32 Å². The van der Waals surface area contributed by atoms with Gasteiger partial charge in [0.1, 0.15) is 0 Å². The predicted octanol–water partition coefficient (Wildman–Crippen LogP) is 4.11. The van der Waals surface area contributed by atoms with Crippen molar-refractivity contribution >= 4 is 11.3 Å². The predicted molar refractivity (Wildman–Crippen MR) is 71.9 cm³/mol. The number of thiophene rings is 1. The molecule has 1 heterocycles. The largest absolute Gasteiger partial charge is 0.309 e. The van der Waals surface area contributed by atoms with Crippen molar-refractivity contribution in [1.82, 2.24) is 5.32 Å². The molecule has 16 heavy (non-hydrogen) atoms. The van der Waals surface area contributed by atoms with Crippen LogP contribution in [0.25, 0.3) is 0 Å². The summed E-state index contributed by atoms with van der Waals surface area (Å²) in [4.78, 5) is 2.91. The molecule has 1 aromatic rings. The highest BCUT2D eigenvalue weighted by Gasteiger charge is 2.20. The van der Waals surface area contributed by atoms with Crippen LogP contribution in [0, 0.1) is 12.8 Å². The van der Waals surface area contributed by atoms with Gasteiger partial charge in [-0.3, -0.25) is 0 Å². The summed E-state index contributed by atoms with van der Waals surface area (Å²) in [6.45, 7) is 5.58. The van der Waals surface area contributed by atoms with Gasteiger partial charge in [-0.05, 0) is 37.8 Å². The van der Waals surface area contributed by atoms with Gasteiger partial charge in [-0.2, -0.15) is 0 Å². The lowest BCUT2D eigenvalue weighted by atomic mass is 9.84. The molecule has 1 aromatic heterocycles. The van der Waals surface area contributed by atoms with Crippen molar-refractivity contribution in [2.45, 2.75) is 58.5 Å². The second kappa shape index (κ2) is 5.83. The monoisotopic (exact) mass is 237 g/mol. The minimum atomic E-state index is 0.765. The van der Waals surface area contributed by atoms with Crippen LogP contribution in [0.15, 0.2) is 12.1 Å². The maximum atomic E-state index is 3.73. The van der Waals surface area contributed by atoms with E-state index in [-0.39, 0.29) is 0 Å². The highest BCUT2D eigenvalue weighted by Crippen LogP contribution is 2.27. The molecule has 0 amide bonds. The zero-order valence-corrected chi connectivity index (χ0v) is 11.3. The third kappa shape index (κ3) is 3.33. The first-order valence-corrected chi connectivity index (χ1v) is 7.38. The maximum absolute atomic E-state index is 3.73. The molecule has 0 saturated heterocycles. The van der Waals surface area contributed by atoms with Gasteiger partial charge in [0.15, 0.2) is 0 Å². The summed E-state index contributed by atoms with van der Waals surface area (Å²) in [5.41, 5.74) is 0. The van der Waals surface area contributed by atoms with Crippen LogP contribution in [0.3, 0.4) is 0 Å². The summed E-state index contributed by atoms with van der Waals surface area (Å²) in [7, 11) is 0. The molecular weight excluding hydrogens is 214 g/mol. The Kier molecular flexibility index (Phi) is 4.42. The Morgan fingerprint density at radius 3 is 2.94 bits per heavy atom. The number of hydrogen-bond acceptors (Lipinski definition) is 2. The van der Waals surface area contributed by atoms with Crippen LogP contribution < -0.4 is 5.32 Å². The molecule has 2 rings (SSSR count). The van der Waals surface area contributed by atoms with Gasteiger partial charge >= 0.3 is 0 Å². The molecule has 1 aliphatic rings. The van der Waals surface area contributed by atoms with Crippen molar-refractivity contribution in [3.63, 3.8) is 0 Å². The fraction of sp³-hybridized carbons (Fsp3) is 0.714. The fourth-order valence-electron chi connectivity index (χ4n) is 2.67. The number of hydrogen-bond donors (Lipinski definition) is 1. The van der Waals surface area contributed by atoms with Gasteiger partial charge in [0, 0.05) is 22.3 Å². The fourth-order valence-corrected chi connectivity index (χ4v) is 3.51. The van der Waals surface area contributed by atoms with E-state index >= 15 is 0 Å². The molecule has 1 N–H and O–H groups in total. The first-order valence-electron chi connectivity index (χ1n) is 6.56. The topological polar surface area (TPSA) is 12.0 Å². The maximum Gasteiger partial charge on any atom is 0.0302 e. The van der Waals surface area contributed by atoms with E-state index in [0.29, 0.717) is 0 Å². The summed E-state index contributed by atoms with van der Waals surface area (Å²) in [6, 6.07) is 5.24. The normalized spacial score (nSPS) is 25.9. The molecule has 2 unspecified atom stereocenters. The molecule has 1 aliphatic carbocycles. The van der Waals surface area contributed by atoms with Gasteiger partial charge in [0.05, 0.1) is 0 Å². The lowest BCUT2D eigenvalue weighted by Crippen LogP contribution is -2.33. The molecule has 1 nitrogen and oxygen atoms in total. The van der Waals surface area contributed by atoms with E-state index in [0.717, 1.165) is 18.5 Å². The standard InChI is InChI=1S/C14H23NS/c1-3-12-5-4-6-13(9-12)15-10-14-8-7-11(2)16-14/h7-8,12-13,15H,3-6,9-10H2,1-2H3. The third-order valence-corrected chi connectivity index (χ3v) is 4.72. The van der Waals surface area contributed by atoms with Gasteiger partial charge in [-0.25, -0.2) is 0 Å². The Morgan fingerprint density at radius 2 is 2.25 bits per heavy atom. The second-order valence-electron chi connectivity index (χ2n) is 5.03. The van der Waals surface area contributed by atoms with E-state index in [9.17, 15) is 0 Å². The quantitative estimate of drug-likeness (QED) is 0.831. The molecule has 0 bridgehead atoms. The molecule has 0 aliphatic heterocycles. The van der Waals surface area contributed by atoms with Crippen LogP contribution in [0.5, 0.6) is 0 Å². The molecule has 2 heteroatoms. The van der Waals surface area contributed by atoms with Gasteiger partial charge in [-0.1, -0.05) is 26.2 Å². The Bertz CT molecular complexity index is 318. The lowest BCUT2D eigenvalue weighted by Gasteiger charge is -2.29. The van der Waals surface area contributed by atoms with Gasteiger partial charge in [-0.15, -0.1) is 11.3 Å². The van der Waals surface area contributed by atoms with Crippen molar-refractivity contribution in [2.24, 2.45) is 5.92 Å². The summed E-state index contributed by atoms with van der Waals surface area (Å²) in [5.74, 6) is 0.969. The first kappa shape index (κ1) is 12.1. The van der Waals surface area contributed by atoms with E-state index < -0.39 is 0 Å². The van der Waals surface area contributed by atoms with Crippen molar-refractivity contribution < 1.29 is 0 Å². The van der Waals surface area contributed by atoms with Crippen LogP contribution in [0.1, 0.15) is 48.8 Å². The van der Waals surface area contributed by atoms with E-state index in [1.54, 1.807) is 0 Å². The summed E-state index contributed by atoms with van der Waals surface area (Å²) in [5, 5.41) is 3.73. The molecule has 2 atom stereocenters. The molecule has 0 aromatic carbocycles. The second-order valence-corrected chi connectivity index (χ2v) is 6.40. The summed E-state index contributed by atoms with van der Waals surface area (Å²) >= 11 is 1.92. The smallest absolute Gasteiger partial charge is 0.0302 e. The van der Waals surface area contributed by atoms with E-state index in [4.69, 9.17) is 0 Å². The van der Waals surface area contributed by atoms with Crippen LogP contribution in [0.2, 0.25) is 0 Å². The highest BCUT2D eigenvalue weighted by atomic mass is 32.1.